The molecule has 1 aliphatic rings. The summed E-state index contributed by atoms with van der Waals surface area (Å²) in [6.45, 7) is 4.09. The lowest BCUT2D eigenvalue weighted by Gasteiger charge is -2.30. The van der Waals surface area contributed by atoms with Crippen LogP contribution in [0.2, 0.25) is 5.02 Å². The maximum Gasteiger partial charge on any atom is 0.243 e. The second-order valence-corrected chi connectivity index (χ2v) is 8.75. The Morgan fingerprint density at radius 2 is 1.96 bits per heavy atom. The quantitative estimate of drug-likeness (QED) is 0.856. The van der Waals surface area contributed by atoms with Crippen LogP contribution in [0, 0.1) is 19.8 Å². The predicted octanol–water partition coefficient (Wildman–Crippen LogP) is 2.98. The number of piperidine rings is 1. The number of nitrogens with zero attached hydrogens (tertiary/aromatic N) is 2. The van der Waals surface area contributed by atoms with E-state index >= 15 is 0 Å². The Morgan fingerprint density at radius 1 is 1.27 bits per heavy atom. The number of aryl methyl sites for hydroxylation is 2. The van der Waals surface area contributed by atoms with Crippen molar-refractivity contribution in [3.05, 3.63) is 40.6 Å². The van der Waals surface area contributed by atoms with Crippen LogP contribution in [0.3, 0.4) is 0 Å². The first-order valence-corrected chi connectivity index (χ1v) is 10.1. The van der Waals surface area contributed by atoms with Crippen LogP contribution in [0.4, 0.5) is 5.82 Å². The lowest BCUT2D eigenvalue weighted by molar-refractivity contribution is -0.120. The molecule has 140 valence electrons. The average Bonchev–Trinajstić information content (AvgIpc) is 3.02. The third kappa shape index (κ3) is 3.92. The van der Waals surface area contributed by atoms with Gasteiger partial charge in [0.05, 0.1) is 4.90 Å². The number of anilines is 1. The number of rotatable bonds is 4. The van der Waals surface area contributed by atoms with E-state index in [-0.39, 0.29) is 16.7 Å². The summed E-state index contributed by atoms with van der Waals surface area (Å²) in [6, 6.07) is 6.31. The molecule has 1 saturated heterocycles. The molecule has 1 N–H and O–H groups in total. The van der Waals surface area contributed by atoms with Crippen molar-refractivity contribution in [3.63, 3.8) is 0 Å². The summed E-state index contributed by atoms with van der Waals surface area (Å²) in [5.74, 6) is 0.557. The molecule has 0 aliphatic carbocycles. The third-order valence-electron chi connectivity index (χ3n) is 4.47. The lowest BCUT2D eigenvalue weighted by Crippen LogP contribution is -2.41. The second kappa shape index (κ2) is 7.38. The van der Waals surface area contributed by atoms with E-state index in [1.54, 1.807) is 32.0 Å². The van der Waals surface area contributed by atoms with Crippen LogP contribution in [0.5, 0.6) is 0 Å². The molecule has 2 heterocycles. The number of carbonyl (C=O) groups is 1. The zero-order valence-electron chi connectivity index (χ0n) is 14.5. The summed E-state index contributed by atoms with van der Waals surface area (Å²) in [4.78, 5) is 12.5. The van der Waals surface area contributed by atoms with E-state index < -0.39 is 10.0 Å². The number of sulfonamides is 1. The number of nitrogens with one attached hydrogen (secondary N) is 1. The van der Waals surface area contributed by atoms with E-state index in [0.29, 0.717) is 48.1 Å². The van der Waals surface area contributed by atoms with Gasteiger partial charge in [-0.1, -0.05) is 16.8 Å². The topological polar surface area (TPSA) is 92.5 Å². The Labute approximate surface area is 157 Å². The van der Waals surface area contributed by atoms with Gasteiger partial charge in [0.2, 0.25) is 15.9 Å². The van der Waals surface area contributed by atoms with Crippen LogP contribution in [0.25, 0.3) is 0 Å². The van der Waals surface area contributed by atoms with Gasteiger partial charge in [0, 0.05) is 30.1 Å². The van der Waals surface area contributed by atoms with Crippen molar-refractivity contribution >= 4 is 33.3 Å². The minimum Gasteiger partial charge on any atom is -0.360 e. The highest BCUT2D eigenvalue weighted by atomic mass is 35.5. The number of halogens is 1. The molecule has 0 spiro atoms. The highest BCUT2D eigenvalue weighted by molar-refractivity contribution is 7.89. The zero-order valence-corrected chi connectivity index (χ0v) is 16.1. The van der Waals surface area contributed by atoms with Crippen LogP contribution in [0.1, 0.15) is 24.2 Å². The normalized spacial score (nSPS) is 16.6. The average molecular weight is 398 g/mol. The Balaban J connectivity index is 1.63. The summed E-state index contributed by atoms with van der Waals surface area (Å²) in [5, 5.41) is 6.97. The molecule has 3 rings (SSSR count). The highest BCUT2D eigenvalue weighted by Gasteiger charge is 2.32. The van der Waals surface area contributed by atoms with Gasteiger partial charge in [-0.25, -0.2) is 8.42 Å². The van der Waals surface area contributed by atoms with Gasteiger partial charge >= 0.3 is 0 Å². The number of hydrogen-bond donors (Lipinski definition) is 1. The molecule has 9 heteroatoms. The molecule has 1 aliphatic heterocycles. The summed E-state index contributed by atoms with van der Waals surface area (Å²) in [6.07, 6.45) is 0.906. The fraction of sp³-hybridized carbons (Fsp3) is 0.412. The minimum absolute atomic E-state index is 0.169. The molecule has 0 radical (unpaired) electrons. The standard InChI is InChI=1S/C17H20ClN3O4S/c1-11-9-14(3-4-15(11)18)26(23,24)21-7-5-13(6-8-21)17(22)19-16-10-12(2)25-20-16/h3-4,9-10,13H,5-8H2,1-2H3,(H,19,20,22). The molecule has 0 bridgehead atoms. The lowest BCUT2D eigenvalue weighted by atomic mass is 9.97. The molecule has 0 saturated carbocycles. The van der Waals surface area contributed by atoms with Crippen molar-refractivity contribution in [2.75, 3.05) is 18.4 Å². The predicted molar refractivity (Wildman–Crippen MR) is 97.5 cm³/mol. The van der Waals surface area contributed by atoms with Crippen LogP contribution in [-0.2, 0) is 14.8 Å². The van der Waals surface area contributed by atoms with E-state index in [0.717, 1.165) is 0 Å². The van der Waals surface area contributed by atoms with Gasteiger partial charge in [0.25, 0.3) is 0 Å². The highest BCUT2D eigenvalue weighted by Crippen LogP contribution is 2.27. The van der Waals surface area contributed by atoms with Gasteiger partial charge in [-0.05, 0) is 50.5 Å². The van der Waals surface area contributed by atoms with Crippen LogP contribution in [0.15, 0.2) is 33.7 Å². The Morgan fingerprint density at radius 3 is 2.54 bits per heavy atom. The van der Waals surface area contributed by atoms with Gasteiger partial charge in [0.1, 0.15) is 5.76 Å². The van der Waals surface area contributed by atoms with Crippen LogP contribution < -0.4 is 5.32 Å². The number of aromatic nitrogens is 1. The molecule has 26 heavy (non-hydrogen) atoms. The van der Waals surface area contributed by atoms with Crippen molar-refractivity contribution in [1.29, 1.82) is 0 Å². The van der Waals surface area contributed by atoms with Crippen molar-refractivity contribution in [2.45, 2.75) is 31.6 Å². The molecular weight excluding hydrogens is 378 g/mol. The molecule has 1 fully saturated rings. The monoisotopic (exact) mass is 397 g/mol. The van der Waals surface area contributed by atoms with Crippen LogP contribution >= 0.6 is 11.6 Å². The van der Waals surface area contributed by atoms with Gasteiger partial charge < -0.3 is 9.84 Å². The van der Waals surface area contributed by atoms with Crippen LogP contribution in [-0.4, -0.2) is 36.9 Å². The van der Waals surface area contributed by atoms with Gasteiger partial charge in [-0.3, -0.25) is 4.79 Å². The fourth-order valence-corrected chi connectivity index (χ4v) is 4.61. The van der Waals surface area contributed by atoms with E-state index in [1.807, 2.05) is 0 Å². The minimum atomic E-state index is -3.59. The van der Waals surface area contributed by atoms with Crippen molar-refractivity contribution < 1.29 is 17.7 Å². The summed E-state index contributed by atoms with van der Waals surface area (Å²) in [7, 11) is -3.59. The number of amides is 1. The summed E-state index contributed by atoms with van der Waals surface area (Å²) in [5.41, 5.74) is 0.713. The molecule has 1 aromatic heterocycles. The SMILES string of the molecule is Cc1cc(NC(=O)C2CCN(S(=O)(=O)c3ccc(Cl)c(C)c3)CC2)no1. The maximum atomic E-state index is 12.8. The van der Waals surface area contributed by atoms with Crippen molar-refractivity contribution in [2.24, 2.45) is 5.92 Å². The fourth-order valence-electron chi connectivity index (χ4n) is 2.94. The first-order chi connectivity index (χ1) is 12.3. The molecular formula is C17H20ClN3O4S. The second-order valence-electron chi connectivity index (χ2n) is 6.40. The van der Waals surface area contributed by atoms with E-state index in [2.05, 4.69) is 10.5 Å². The summed E-state index contributed by atoms with van der Waals surface area (Å²) < 4.78 is 31.9. The van der Waals surface area contributed by atoms with E-state index in [4.69, 9.17) is 16.1 Å². The van der Waals surface area contributed by atoms with Gasteiger partial charge in [-0.2, -0.15) is 4.31 Å². The van der Waals surface area contributed by atoms with Crippen molar-refractivity contribution in [1.82, 2.24) is 9.46 Å². The molecule has 0 atom stereocenters. The molecule has 2 aromatic rings. The van der Waals surface area contributed by atoms with E-state index in [9.17, 15) is 13.2 Å². The Kier molecular flexibility index (Phi) is 5.36. The van der Waals surface area contributed by atoms with Gasteiger partial charge in [0.15, 0.2) is 5.82 Å². The number of hydrogen-bond acceptors (Lipinski definition) is 5. The third-order valence-corrected chi connectivity index (χ3v) is 6.79. The largest absolute Gasteiger partial charge is 0.360 e. The Bertz CT molecular complexity index is 918. The first-order valence-electron chi connectivity index (χ1n) is 8.28. The van der Waals surface area contributed by atoms with E-state index in [1.165, 1.54) is 10.4 Å². The maximum absolute atomic E-state index is 12.8. The first kappa shape index (κ1) is 18.9. The molecule has 0 unspecified atom stereocenters. The van der Waals surface area contributed by atoms with Gasteiger partial charge in [-0.15, -0.1) is 0 Å². The van der Waals surface area contributed by atoms with Crippen molar-refractivity contribution in [3.8, 4) is 0 Å². The zero-order chi connectivity index (χ0) is 18.9. The smallest absolute Gasteiger partial charge is 0.243 e. The molecule has 1 aromatic carbocycles. The molecule has 7 nitrogen and oxygen atoms in total. The number of benzene rings is 1. The Hall–Kier alpha value is -1.90. The number of carbonyl (C=O) groups excluding carboxylic acids is 1. The molecule has 1 amide bonds. The summed E-state index contributed by atoms with van der Waals surface area (Å²) >= 11 is 5.97.